The lowest BCUT2D eigenvalue weighted by Gasteiger charge is -2.28. The largest absolute Gasteiger partial charge is 0.384 e. The van der Waals surface area contributed by atoms with Crippen molar-refractivity contribution in [3.63, 3.8) is 0 Å². The second-order valence-corrected chi connectivity index (χ2v) is 8.85. The van der Waals surface area contributed by atoms with Crippen LogP contribution in [0.25, 0.3) is 11.1 Å². The average molecular weight is 540 g/mol. The summed E-state index contributed by atoms with van der Waals surface area (Å²) in [4.78, 5) is 31.1. The molecule has 38 heavy (non-hydrogen) atoms. The van der Waals surface area contributed by atoms with E-state index in [-0.39, 0.29) is 35.7 Å². The minimum absolute atomic E-state index is 0.118. The third-order valence-corrected chi connectivity index (χ3v) is 6.11. The first-order chi connectivity index (χ1) is 18.2. The van der Waals surface area contributed by atoms with Crippen molar-refractivity contribution >= 4 is 46.4 Å². The van der Waals surface area contributed by atoms with Crippen LogP contribution in [0.3, 0.4) is 0 Å². The first kappa shape index (κ1) is 26.8. The third kappa shape index (κ3) is 5.37. The molecule has 9 nitrogen and oxygen atoms in total. The molecule has 4 N–H and O–H groups in total. The van der Waals surface area contributed by atoms with Crippen molar-refractivity contribution < 1.29 is 18.4 Å². The summed E-state index contributed by atoms with van der Waals surface area (Å²) < 4.78 is 31.1. The normalized spacial score (nSPS) is 12.4. The summed E-state index contributed by atoms with van der Waals surface area (Å²) in [7, 11) is 0. The van der Waals surface area contributed by atoms with Gasteiger partial charge in [-0.05, 0) is 37.3 Å². The Morgan fingerprint density at radius 1 is 1.13 bits per heavy atom. The van der Waals surface area contributed by atoms with E-state index >= 15 is 8.78 Å². The number of hydrogen-bond donors (Lipinski definition) is 3. The summed E-state index contributed by atoms with van der Waals surface area (Å²) in [5.41, 5.74) is 5.90. The van der Waals surface area contributed by atoms with E-state index in [1.54, 1.807) is 25.1 Å². The van der Waals surface area contributed by atoms with Crippen LogP contribution in [0, 0.1) is 23.0 Å². The predicted molar refractivity (Wildman–Crippen MR) is 141 cm³/mol. The molecule has 0 saturated carbocycles. The molecule has 0 radical (unpaired) electrons. The fourth-order valence-corrected chi connectivity index (χ4v) is 4.35. The van der Waals surface area contributed by atoms with Crippen molar-refractivity contribution in [2.24, 2.45) is 5.73 Å². The van der Waals surface area contributed by atoms with E-state index < -0.39 is 29.3 Å². The van der Waals surface area contributed by atoms with E-state index in [1.165, 1.54) is 17.2 Å². The van der Waals surface area contributed by atoms with E-state index in [9.17, 15) is 14.9 Å². The smallest absolute Gasteiger partial charge is 0.334 e. The van der Waals surface area contributed by atoms with Gasteiger partial charge in [-0.3, -0.25) is 14.6 Å². The summed E-state index contributed by atoms with van der Waals surface area (Å²) in [6.07, 6.45) is 1.57. The zero-order valence-electron chi connectivity index (χ0n) is 20.4. The molecule has 0 saturated heterocycles. The number of aromatic nitrogens is 1. The van der Waals surface area contributed by atoms with Gasteiger partial charge in [0.25, 0.3) is 0 Å². The number of nitrogens with zero attached hydrogens (tertiary/aromatic N) is 4. The second kappa shape index (κ2) is 11.4. The zero-order valence-corrected chi connectivity index (χ0v) is 21.1. The summed E-state index contributed by atoms with van der Waals surface area (Å²) >= 11 is 6.20. The Kier molecular flexibility index (Phi) is 8.05. The van der Waals surface area contributed by atoms with E-state index in [4.69, 9.17) is 17.3 Å². The number of nitriles is 1. The lowest BCUT2D eigenvalue weighted by molar-refractivity contribution is -0.117. The van der Waals surface area contributed by atoms with Crippen molar-refractivity contribution in [2.45, 2.75) is 13.3 Å². The number of halogens is 3. The van der Waals surface area contributed by atoms with Crippen LogP contribution < -0.4 is 26.2 Å². The number of amides is 3. The monoisotopic (exact) mass is 539 g/mol. The maximum atomic E-state index is 15.6. The molecule has 1 aromatic heterocycles. The van der Waals surface area contributed by atoms with Crippen LogP contribution in [-0.2, 0) is 4.79 Å². The number of rotatable bonds is 9. The molecular weight excluding hydrogens is 516 g/mol. The molecule has 0 bridgehead atoms. The lowest BCUT2D eigenvalue weighted by atomic mass is 10.0. The topological polar surface area (TPSA) is 127 Å². The highest BCUT2D eigenvalue weighted by Gasteiger charge is 2.36. The molecule has 1 aliphatic rings. The minimum atomic E-state index is -0.983. The summed E-state index contributed by atoms with van der Waals surface area (Å²) in [6.45, 7) is 2.99. The van der Waals surface area contributed by atoms with Crippen molar-refractivity contribution in [2.75, 3.05) is 41.3 Å². The van der Waals surface area contributed by atoms with Crippen molar-refractivity contribution in [3.05, 3.63) is 64.8 Å². The third-order valence-electron chi connectivity index (χ3n) is 5.90. The van der Waals surface area contributed by atoms with Gasteiger partial charge in [-0.15, -0.1) is 0 Å². The Hall–Kier alpha value is -4.27. The molecule has 0 spiro atoms. The molecular formula is C26H24ClF2N7O2. The van der Waals surface area contributed by atoms with Crippen molar-refractivity contribution in [3.8, 4) is 17.2 Å². The van der Waals surface area contributed by atoms with Crippen LogP contribution in [0.15, 0.2) is 42.6 Å². The van der Waals surface area contributed by atoms with Gasteiger partial charge in [0.1, 0.15) is 11.5 Å². The molecule has 0 aliphatic carbocycles. The highest BCUT2D eigenvalue weighted by Crippen LogP contribution is 2.45. The number of anilines is 4. The zero-order chi connectivity index (χ0) is 27.4. The number of carbonyl (C=O) groups is 2. The van der Waals surface area contributed by atoms with Gasteiger partial charge in [0.05, 0.1) is 22.3 Å². The van der Waals surface area contributed by atoms with Gasteiger partial charge in [-0.2, -0.15) is 5.26 Å². The molecule has 3 aromatic rings. The highest BCUT2D eigenvalue weighted by molar-refractivity contribution is 6.31. The predicted octanol–water partition coefficient (Wildman–Crippen LogP) is 4.53. The number of carbonyl (C=O) groups excluding carboxylic acids is 2. The van der Waals surface area contributed by atoms with Gasteiger partial charge in [0.15, 0.2) is 11.6 Å². The molecule has 2 aromatic carbocycles. The number of benzene rings is 2. The molecule has 3 amide bonds. The van der Waals surface area contributed by atoms with Gasteiger partial charge in [-0.1, -0.05) is 17.7 Å². The first-order valence-corrected chi connectivity index (χ1v) is 12.2. The number of pyridine rings is 1. The highest BCUT2D eigenvalue weighted by atomic mass is 35.5. The van der Waals surface area contributed by atoms with Gasteiger partial charge < -0.3 is 16.4 Å². The molecule has 0 unspecified atom stereocenters. The van der Waals surface area contributed by atoms with Crippen LogP contribution in [0.1, 0.15) is 18.9 Å². The van der Waals surface area contributed by atoms with Crippen LogP contribution in [0.5, 0.6) is 0 Å². The van der Waals surface area contributed by atoms with Crippen LogP contribution >= 0.6 is 11.6 Å². The second-order valence-electron chi connectivity index (χ2n) is 8.41. The fraction of sp³-hybridized carbons (Fsp3) is 0.231. The molecule has 0 atom stereocenters. The Morgan fingerprint density at radius 3 is 2.53 bits per heavy atom. The number of fused-ring (bicyclic) bond motifs is 3. The Morgan fingerprint density at radius 2 is 1.87 bits per heavy atom. The quantitative estimate of drug-likeness (QED) is 0.343. The van der Waals surface area contributed by atoms with Crippen LogP contribution in [0.2, 0.25) is 5.02 Å². The molecule has 12 heteroatoms. The molecule has 4 rings (SSSR count). The lowest BCUT2D eigenvalue weighted by Crippen LogP contribution is -2.41. The maximum Gasteiger partial charge on any atom is 0.334 e. The van der Waals surface area contributed by atoms with Crippen molar-refractivity contribution in [1.82, 2.24) is 10.3 Å². The summed E-state index contributed by atoms with van der Waals surface area (Å²) in [5.74, 6) is -2.12. The molecule has 2 heterocycles. The van der Waals surface area contributed by atoms with E-state index in [1.807, 2.05) is 6.07 Å². The fourth-order valence-electron chi connectivity index (χ4n) is 4.19. The van der Waals surface area contributed by atoms with Crippen LogP contribution in [-0.4, -0.2) is 43.1 Å². The van der Waals surface area contributed by atoms with E-state index in [0.29, 0.717) is 35.8 Å². The first-order valence-electron chi connectivity index (χ1n) is 11.8. The van der Waals surface area contributed by atoms with Gasteiger partial charge in [0, 0.05) is 55.6 Å². The standard InChI is InChI=1S/C26H24ClF2N7O2/c1-2-35-25-19(10-16(27)14-34-25)18-4-3-15(13-30)9-22(18)36(26(35)38)24-20(28)11-17(12-21(24)29)33-8-7-32-6-5-23(31)37/h3-4,9-12,14,32-33H,2,5-8H2,1H3,(H2,31,37). The Balaban J connectivity index is 1.75. The number of hydrogen-bond acceptors (Lipinski definition) is 6. The molecule has 0 fully saturated rings. The van der Waals surface area contributed by atoms with E-state index in [2.05, 4.69) is 15.6 Å². The van der Waals surface area contributed by atoms with Gasteiger partial charge in [0.2, 0.25) is 5.91 Å². The summed E-state index contributed by atoms with van der Waals surface area (Å²) in [5, 5.41) is 15.7. The van der Waals surface area contributed by atoms with Gasteiger partial charge in [-0.25, -0.2) is 18.6 Å². The number of primary amides is 1. The average Bonchev–Trinajstić information content (AvgIpc) is 2.97. The number of urea groups is 1. The minimum Gasteiger partial charge on any atom is -0.384 e. The Labute approximate surface area is 222 Å². The summed E-state index contributed by atoms with van der Waals surface area (Å²) in [6, 6.07) is 9.61. The number of nitrogens with two attached hydrogens (primary N) is 1. The molecule has 196 valence electrons. The SMILES string of the molecule is CCN1C(=O)N(c2c(F)cc(NCCNCCC(N)=O)cc2F)c2cc(C#N)ccc2-c2cc(Cl)cnc21. The van der Waals surface area contributed by atoms with E-state index in [0.717, 1.165) is 17.0 Å². The maximum absolute atomic E-state index is 15.6. The Bertz CT molecular complexity index is 1420. The number of nitrogens with one attached hydrogen (secondary N) is 2. The molecule has 1 aliphatic heterocycles. The van der Waals surface area contributed by atoms with Crippen LogP contribution in [0.4, 0.5) is 36.5 Å². The van der Waals surface area contributed by atoms with Crippen molar-refractivity contribution in [1.29, 1.82) is 5.26 Å². The van der Waals surface area contributed by atoms with Gasteiger partial charge >= 0.3 is 6.03 Å².